The molecule has 4 rings (SSSR count). The van der Waals surface area contributed by atoms with Crippen LogP contribution >= 0.6 is 7.26 Å². The van der Waals surface area contributed by atoms with Gasteiger partial charge in [-0.15, -0.1) is 0 Å². The van der Waals surface area contributed by atoms with Gasteiger partial charge >= 0.3 is 0 Å². The van der Waals surface area contributed by atoms with Crippen molar-refractivity contribution in [2.24, 2.45) is 0 Å². The van der Waals surface area contributed by atoms with Gasteiger partial charge in [-0.3, -0.25) is 0 Å². The summed E-state index contributed by atoms with van der Waals surface area (Å²) >= 11 is 0. The molecule has 4 aromatic carbocycles. The van der Waals surface area contributed by atoms with E-state index in [1.807, 2.05) is 0 Å². The third-order valence-corrected chi connectivity index (χ3v) is 9.82. The van der Waals surface area contributed by atoms with Gasteiger partial charge in [0.05, 0.1) is 6.16 Å². The van der Waals surface area contributed by atoms with Crippen LogP contribution in [-0.4, -0.2) is 12.7 Å². The minimum absolute atomic E-state index is 0. The summed E-state index contributed by atoms with van der Waals surface area (Å²) in [4.78, 5) is 0. The van der Waals surface area contributed by atoms with E-state index in [-0.39, 0.29) is 17.0 Å². The summed E-state index contributed by atoms with van der Waals surface area (Å²) < 4.78 is 0. The third kappa shape index (κ3) is 5.08. The van der Waals surface area contributed by atoms with Gasteiger partial charge in [-0.1, -0.05) is 84.9 Å². The molecule has 0 atom stereocenters. The summed E-state index contributed by atoms with van der Waals surface area (Å²) in [7, 11) is -1.74. The number of hydrogen-bond donors (Lipinski definition) is 1. The van der Waals surface area contributed by atoms with Crippen molar-refractivity contribution in [1.29, 1.82) is 0 Å². The van der Waals surface area contributed by atoms with Crippen LogP contribution < -0.4 is 38.2 Å². The Morgan fingerprint density at radius 1 is 0.500 bits per heavy atom. The van der Waals surface area contributed by atoms with Crippen molar-refractivity contribution in [1.82, 2.24) is 5.32 Å². The van der Waals surface area contributed by atoms with E-state index in [4.69, 9.17) is 0 Å². The van der Waals surface area contributed by atoms with E-state index in [9.17, 15) is 0 Å². The Morgan fingerprint density at radius 2 is 0.867 bits per heavy atom. The molecule has 0 aliphatic carbocycles. The van der Waals surface area contributed by atoms with Crippen molar-refractivity contribution >= 4 is 23.2 Å². The molecule has 0 saturated carbocycles. The summed E-state index contributed by atoms with van der Waals surface area (Å²) in [5.74, 6) is 0. The summed E-state index contributed by atoms with van der Waals surface area (Å²) in [6, 6.07) is 43.9. The molecule has 0 fully saturated rings. The van der Waals surface area contributed by atoms with Crippen molar-refractivity contribution in [2.75, 3.05) is 12.7 Å². The van der Waals surface area contributed by atoms with Crippen molar-refractivity contribution in [3.8, 4) is 0 Å². The van der Waals surface area contributed by atoms with Crippen molar-refractivity contribution in [3.05, 3.63) is 127 Å². The first-order valence-corrected chi connectivity index (χ1v) is 12.2. The Bertz CT molecular complexity index is 895. The van der Waals surface area contributed by atoms with Gasteiger partial charge < -0.3 is 22.3 Å². The van der Waals surface area contributed by atoms with Gasteiger partial charge in [-0.05, 0) is 42.0 Å². The van der Waals surface area contributed by atoms with E-state index < -0.39 is 7.26 Å². The second-order valence-corrected chi connectivity index (χ2v) is 10.8. The fraction of sp³-hybridized carbons (Fsp3) is 0.111. The van der Waals surface area contributed by atoms with Gasteiger partial charge in [-0.25, -0.2) is 0 Å². The first kappa shape index (κ1) is 22.4. The molecule has 0 amide bonds. The molecule has 0 aliphatic rings. The summed E-state index contributed by atoms with van der Waals surface area (Å²) in [6.45, 7) is 1.88. The summed E-state index contributed by atoms with van der Waals surface area (Å²) in [6.07, 6.45) is 1.10. The molecule has 0 aliphatic heterocycles. The van der Waals surface area contributed by atoms with Crippen LogP contribution in [0.1, 0.15) is 5.56 Å². The van der Waals surface area contributed by atoms with E-state index in [0.29, 0.717) is 0 Å². The second kappa shape index (κ2) is 11.2. The van der Waals surface area contributed by atoms with Crippen LogP contribution in [0.15, 0.2) is 121 Å². The molecule has 0 spiro atoms. The van der Waals surface area contributed by atoms with E-state index >= 15 is 0 Å². The van der Waals surface area contributed by atoms with Crippen molar-refractivity contribution < 1.29 is 17.0 Å². The molecule has 0 unspecified atom stereocenters. The molecule has 4 aromatic rings. The van der Waals surface area contributed by atoms with Gasteiger partial charge in [0.2, 0.25) is 0 Å². The Morgan fingerprint density at radius 3 is 1.27 bits per heavy atom. The van der Waals surface area contributed by atoms with Gasteiger partial charge in [0.15, 0.2) is 0 Å². The molecule has 1 N–H and O–H groups in total. The topological polar surface area (TPSA) is 12.0 Å². The molecular weight excluding hydrogens is 449 g/mol. The normalized spacial score (nSPS) is 10.9. The number of hydrogen-bond acceptors (Lipinski definition) is 1. The Labute approximate surface area is 191 Å². The lowest BCUT2D eigenvalue weighted by molar-refractivity contribution is -0.00000566. The molecule has 0 radical (unpaired) electrons. The van der Waals surface area contributed by atoms with Crippen LogP contribution in [0.5, 0.6) is 0 Å². The minimum Gasteiger partial charge on any atom is -1.00 e. The summed E-state index contributed by atoms with van der Waals surface area (Å²) in [5, 5.41) is 8.02. The van der Waals surface area contributed by atoms with Crippen LogP contribution in [0.25, 0.3) is 0 Å². The lowest BCUT2D eigenvalue weighted by Gasteiger charge is -2.27. The number of halogens is 1. The average molecular weight is 476 g/mol. The number of rotatable bonds is 8. The maximum Gasteiger partial charge on any atom is 0.113 e. The molecule has 0 bridgehead atoms. The maximum absolute atomic E-state index is 3.69. The SMILES string of the molecule is [Br-].c1ccc(CNCC[P+](c2ccccc2)(c2ccccc2)c2ccccc2)cc1. The average Bonchev–Trinajstić information content (AvgIpc) is 2.82. The maximum atomic E-state index is 3.69. The Hall–Kier alpha value is -2.25. The Balaban J connectivity index is 0.00000256. The zero-order valence-corrected chi connectivity index (χ0v) is 19.5. The molecule has 0 saturated heterocycles. The van der Waals surface area contributed by atoms with Gasteiger partial charge in [-0.2, -0.15) is 0 Å². The molecule has 1 nitrogen and oxygen atoms in total. The molecular formula is C27H27BrNP. The predicted octanol–water partition coefficient (Wildman–Crippen LogP) is 1.77. The highest BCUT2D eigenvalue weighted by Gasteiger charge is 2.44. The predicted molar refractivity (Wildman–Crippen MR) is 128 cm³/mol. The molecule has 0 heterocycles. The zero-order chi connectivity index (χ0) is 19.8. The standard InChI is InChI=1S/C27H27NP.BrH/c1-5-13-24(14-6-1)23-28-21-22-29(25-15-7-2-8-16-25,26-17-9-3-10-18-26)27-19-11-4-12-20-27;/h1-20,28H,21-23H2;1H/q+1;/p-1. The van der Waals surface area contributed by atoms with Crippen molar-refractivity contribution in [2.45, 2.75) is 6.54 Å². The minimum atomic E-state index is -1.74. The van der Waals surface area contributed by atoms with Gasteiger partial charge in [0, 0.05) is 13.1 Å². The second-order valence-electron chi connectivity index (χ2n) is 7.20. The largest absolute Gasteiger partial charge is 1.00 e. The fourth-order valence-electron chi connectivity index (χ4n) is 3.96. The van der Waals surface area contributed by atoms with E-state index in [1.165, 1.54) is 21.5 Å². The fourth-order valence-corrected chi connectivity index (χ4v) is 8.16. The van der Waals surface area contributed by atoms with E-state index in [2.05, 4.69) is 127 Å². The third-order valence-electron chi connectivity index (χ3n) is 5.39. The zero-order valence-electron chi connectivity index (χ0n) is 17.0. The monoisotopic (exact) mass is 475 g/mol. The Kier molecular flexibility index (Phi) is 8.39. The molecule has 30 heavy (non-hydrogen) atoms. The first-order valence-electron chi connectivity index (χ1n) is 10.2. The van der Waals surface area contributed by atoms with Crippen LogP contribution in [0, 0.1) is 0 Å². The van der Waals surface area contributed by atoms with Crippen LogP contribution in [0.3, 0.4) is 0 Å². The van der Waals surface area contributed by atoms with Crippen LogP contribution in [0.4, 0.5) is 0 Å². The van der Waals surface area contributed by atoms with Crippen LogP contribution in [0.2, 0.25) is 0 Å². The first-order chi connectivity index (χ1) is 14.4. The lowest BCUT2D eigenvalue weighted by atomic mass is 10.2. The van der Waals surface area contributed by atoms with Gasteiger partial charge in [0.1, 0.15) is 23.2 Å². The smallest absolute Gasteiger partial charge is 0.113 e. The van der Waals surface area contributed by atoms with Gasteiger partial charge in [0.25, 0.3) is 0 Å². The highest BCUT2D eigenvalue weighted by atomic mass is 79.9. The molecule has 3 heteroatoms. The molecule has 0 aromatic heterocycles. The quantitative estimate of drug-likeness (QED) is 0.302. The van der Waals surface area contributed by atoms with Crippen molar-refractivity contribution in [3.63, 3.8) is 0 Å². The summed E-state index contributed by atoms with van der Waals surface area (Å²) in [5.41, 5.74) is 1.33. The molecule has 152 valence electrons. The van der Waals surface area contributed by atoms with E-state index in [0.717, 1.165) is 19.3 Å². The highest BCUT2D eigenvalue weighted by Crippen LogP contribution is 2.54. The highest BCUT2D eigenvalue weighted by molar-refractivity contribution is 7.95. The van der Waals surface area contributed by atoms with Crippen LogP contribution in [-0.2, 0) is 6.54 Å². The van der Waals surface area contributed by atoms with E-state index in [1.54, 1.807) is 0 Å². The lowest BCUT2D eigenvalue weighted by Crippen LogP contribution is -3.00. The number of nitrogens with one attached hydrogen (secondary N) is 1. The number of benzene rings is 4.